The summed E-state index contributed by atoms with van der Waals surface area (Å²) >= 11 is 0. The average molecular weight is 349 g/mol. The van der Waals surface area contributed by atoms with Gasteiger partial charge < -0.3 is 20.7 Å². The van der Waals surface area contributed by atoms with E-state index in [-0.39, 0.29) is 23.9 Å². The molecular weight excluding hydrogens is 322 g/mol. The highest BCUT2D eigenvalue weighted by atomic mass is 16.5. The fourth-order valence-corrected chi connectivity index (χ4v) is 6.37. The summed E-state index contributed by atoms with van der Waals surface area (Å²) < 4.78 is 5.39. The molecule has 2 unspecified atom stereocenters. The van der Waals surface area contributed by atoms with Crippen LogP contribution in [0, 0.1) is 17.3 Å². The third-order valence-electron chi connectivity index (χ3n) is 6.63. The van der Waals surface area contributed by atoms with Crippen molar-refractivity contribution in [2.75, 3.05) is 19.7 Å². The number of nitrogens with two attached hydrogens (primary N) is 1. The van der Waals surface area contributed by atoms with E-state index in [1.54, 1.807) is 11.8 Å². The molecule has 25 heavy (non-hydrogen) atoms. The number of morpholine rings is 1. The van der Waals surface area contributed by atoms with Gasteiger partial charge in [-0.05, 0) is 50.4 Å². The van der Waals surface area contributed by atoms with Gasteiger partial charge in [-0.15, -0.1) is 0 Å². The lowest BCUT2D eigenvalue weighted by molar-refractivity contribution is -0.170. The predicted molar refractivity (Wildman–Crippen MR) is 89.2 cm³/mol. The van der Waals surface area contributed by atoms with Crippen LogP contribution in [0.25, 0.3) is 0 Å². The first-order chi connectivity index (χ1) is 11.8. The van der Waals surface area contributed by atoms with E-state index in [1.807, 2.05) is 0 Å². The Bertz CT molecular complexity index is 605. The van der Waals surface area contributed by atoms with Gasteiger partial charge in [-0.1, -0.05) is 0 Å². The number of carbonyl (C=O) groups excluding carboxylic acids is 3. The number of nitrogens with zero attached hydrogens (tertiary/aromatic N) is 1. The van der Waals surface area contributed by atoms with Crippen LogP contribution in [-0.4, -0.2) is 54.0 Å². The van der Waals surface area contributed by atoms with Crippen molar-refractivity contribution in [3.8, 4) is 0 Å². The van der Waals surface area contributed by atoms with Gasteiger partial charge in [-0.3, -0.25) is 14.4 Å². The maximum absolute atomic E-state index is 13.5. The second-order valence-electron chi connectivity index (χ2n) is 8.72. The summed E-state index contributed by atoms with van der Waals surface area (Å²) in [5.41, 5.74) is 4.74. The van der Waals surface area contributed by atoms with E-state index in [2.05, 4.69) is 5.32 Å². The zero-order chi connectivity index (χ0) is 17.8. The number of carbonyl (C=O) groups is 3. The molecule has 1 saturated heterocycles. The molecule has 3 amide bonds. The molecule has 7 nitrogen and oxygen atoms in total. The summed E-state index contributed by atoms with van der Waals surface area (Å²) in [4.78, 5) is 38.4. The van der Waals surface area contributed by atoms with E-state index < -0.39 is 17.4 Å². The monoisotopic (exact) mass is 349 g/mol. The molecule has 1 aliphatic heterocycles. The van der Waals surface area contributed by atoms with Crippen LogP contribution < -0.4 is 11.1 Å². The summed E-state index contributed by atoms with van der Waals surface area (Å²) in [7, 11) is 0. The van der Waals surface area contributed by atoms with Crippen molar-refractivity contribution in [3.05, 3.63) is 0 Å². The molecule has 4 saturated carbocycles. The van der Waals surface area contributed by atoms with E-state index >= 15 is 0 Å². The molecule has 5 rings (SSSR count). The Kier molecular flexibility index (Phi) is 3.83. The molecule has 3 N–H and O–H groups in total. The Morgan fingerprint density at radius 2 is 1.84 bits per heavy atom. The Hall–Kier alpha value is -1.63. The molecule has 138 valence electrons. The Morgan fingerprint density at radius 1 is 1.16 bits per heavy atom. The second kappa shape index (κ2) is 5.69. The number of nitrogens with one attached hydrogen (secondary N) is 1. The number of ether oxygens (including phenoxy) is 1. The largest absolute Gasteiger partial charge is 0.367 e. The molecule has 4 aliphatic carbocycles. The van der Waals surface area contributed by atoms with Crippen molar-refractivity contribution >= 4 is 17.7 Å². The maximum Gasteiger partial charge on any atom is 0.248 e. The molecule has 5 aliphatic rings. The minimum absolute atomic E-state index is 0.00952. The molecule has 5 fully saturated rings. The first-order valence-electron chi connectivity index (χ1n) is 9.30. The Balaban J connectivity index is 1.57. The van der Waals surface area contributed by atoms with Crippen molar-refractivity contribution in [3.63, 3.8) is 0 Å². The highest BCUT2D eigenvalue weighted by molar-refractivity contribution is 5.86. The van der Waals surface area contributed by atoms with Crippen LogP contribution in [0.5, 0.6) is 0 Å². The highest BCUT2D eigenvalue weighted by Crippen LogP contribution is 2.62. The minimum Gasteiger partial charge on any atom is -0.367 e. The second-order valence-corrected chi connectivity index (χ2v) is 8.72. The van der Waals surface area contributed by atoms with Crippen LogP contribution in [-0.2, 0) is 19.1 Å². The highest BCUT2D eigenvalue weighted by Gasteiger charge is 2.61. The molecule has 4 bridgehead atoms. The first kappa shape index (κ1) is 16.8. The molecule has 0 aromatic rings. The molecule has 0 aromatic heterocycles. The lowest BCUT2D eigenvalue weighted by Gasteiger charge is -2.62. The molecule has 7 heteroatoms. The number of primary amides is 1. The molecule has 0 aromatic carbocycles. The minimum atomic E-state index is -0.712. The SMILES string of the molecule is CC(=O)NC12C[C@H]3C[C@@H](C1)CC(C(=O)N1CCO[C@H](C(N)=O)C1)(C3)C2. The standard InChI is InChI=1S/C18H27N3O4/c1-11(22)20-18-7-12-4-13(8-18)6-17(5-12,10-18)16(24)21-2-3-25-14(9-21)15(19)23/h12-14H,2-10H2,1H3,(H2,19,23)(H,20,22)/t12-,13+,14-,17?,18?/m0/s1. The van der Waals surface area contributed by atoms with E-state index in [0.29, 0.717) is 25.0 Å². The van der Waals surface area contributed by atoms with Crippen LogP contribution in [0.4, 0.5) is 0 Å². The van der Waals surface area contributed by atoms with Crippen LogP contribution in [0.2, 0.25) is 0 Å². The summed E-state index contributed by atoms with van der Waals surface area (Å²) in [6, 6.07) is 0. The topological polar surface area (TPSA) is 102 Å². The third-order valence-corrected chi connectivity index (χ3v) is 6.63. The summed E-state index contributed by atoms with van der Waals surface area (Å²) in [5.74, 6) is 0.614. The van der Waals surface area contributed by atoms with Crippen LogP contribution in [0.15, 0.2) is 0 Å². The van der Waals surface area contributed by atoms with Gasteiger partial charge in [0, 0.05) is 19.0 Å². The lowest BCUT2D eigenvalue weighted by atomic mass is 9.46. The van der Waals surface area contributed by atoms with Gasteiger partial charge in [0.2, 0.25) is 17.7 Å². The van der Waals surface area contributed by atoms with Gasteiger partial charge in [0.15, 0.2) is 6.10 Å². The Morgan fingerprint density at radius 3 is 2.44 bits per heavy atom. The van der Waals surface area contributed by atoms with Gasteiger partial charge in [0.1, 0.15) is 0 Å². The first-order valence-corrected chi connectivity index (χ1v) is 9.30. The van der Waals surface area contributed by atoms with E-state index in [4.69, 9.17) is 10.5 Å². The maximum atomic E-state index is 13.5. The summed E-state index contributed by atoms with van der Waals surface area (Å²) in [6.45, 7) is 2.66. The van der Waals surface area contributed by atoms with Gasteiger partial charge in [0.25, 0.3) is 0 Å². The summed E-state index contributed by atoms with van der Waals surface area (Å²) in [5, 5.41) is 3.19. The quantitative estimate of drug-likeness (QED) is 0.758. The van der Waals surface area contributed by atoms with E-state index in [0.717, 1.165) is 32.1 Å². The van der Waals surface area contributed by atoms with Crippen molar-refractivity contribution in [1.82, 2.24) is 10.2 Å². The van der Waals surface area contributed by atoms with Gasteiger partial charge in [-0.25, -0.2) is 0 Å². The van der Waals surface area contributed by atoms with Crippen molar-refractivity contribution in [2.45, 2.75) is 57.1 Å². The third kappa shape index (κ3) is 2.82. The van der Waals surface area contributed by atoms with Crippen LogP contribution in [0.3, 0.4) is 0 Å². The number of amides is 3. The van der Waals surface area contributed by atoms with Crippen LogP contribution in [0.1, 0.15) is 45.4 Å². The average Bonchev–Trinajstić information content (AvgIpc) is 2.51. The fourth-order valence-electron chi connectivity index (χ4n) is 6.37. The van der Waals surface area contributed by atoms with Gasteiger partial charge in [0.05, 0.1) is 18.6 Å². The Labute approximate surface area is 147 Å². The molecule has 1 heterocycles. The zero-order valence-electron chi connectivity index (χ0n) is 14.8. The molecule has 5 atom stereocenters. The van der Waals surface area contributed by atoms with Gasteiger partial charge >= 0.3 is 0 Å². The number of rotatable bonds is 3. The number of hydrogen-bond acceptors (Lipinski definition) is 4. The van der Waals surface area contributed by atoms with Gasteiger partial charge in [-0.2, -0.15) is 0 Å². The smallest absolute Gasteiger partial charge is 0.248 e. The van der Waals surface area contributed by atoms with E-state index in [9.17, 15) is 14.4 Å². The van der Waals surface area contributed by atoms with Crippen molar-refractivity contribution in [1.29, 1.82) is 0 Å². The lowest BCUT2D eigenvalue weighted by Crippen LogP contribution is -2.66. The zero-order valence-corrected chi connectivity index (χ0v) is 14.8. The molecule has 0 spiro atoms. The van der Waals surface area contributed by atoms with Crippen LogP contribution >= 0.6 is 0 Å². The van der Waals surface area contributed by atoms with E-state index in [1.165, 1.54) is 6.42 Å². The molecular formula is C18H27N3O4. The fraction of sp³-hybridized carbons (Fsp3) is 0.833. The number of hydrogen-bond donors (Lipinski definition) is 2. The normalized spacial score (nSPS) is 42.3. The summed E-state index contributed by atoms with van der Waals surface area (Å²) in [6.07, 6.45) is 4.98. The van der Waals surface area contributed by atoms with Crippen molar-refractivity contribution in [2.24, 2.45) is 23.0 Å². The van der Waals surface area contributed by atoms with Crippen molar-refractivity contribution < 1.29 is 19.1 Å². The molecule has 0 radical (unpaired) electrons. The predicted octanol–water partition coefficient (Wildman–Crippen LogP) is 0.174.